The predicted molar refractivity (Wildman–Crippen MR) is 106 cm³/mol. The minimum Gasteiger partial charge on any atom is -0.317 e. The maximum absolute atomic E-state index is 12.2. The molecule has 0 saturated heterocycles. The third-order valence-electron chi connectivity index (χ3n) is 3.64. The van der Waals surface area contributed by atoms with Crippen molar-refractivity contribution in [1.82, 2.24) is 4.98 Å². The maximum atomic E-state index is 12.2. The molecule has 0 saturated carbocycles. The molecule has 0 aliphatic rings. The Bertz CT molecular complexity index is 676. The van der Waals surface area contributed by atoms with E-state index in [1.54, 1.807) is 12.4 Å². The minimum atomic E-state index is -0.961. The Hall–Kier alpha value is -1.66. The first kappa shape index (κ1) is 19.7. The smallest absolute Gasteiger partial charge is 0.283 e. The average molecular weight is 377 g/mol. The highest BCUT2D eigenvalue weighted by atomic mass is 32.2. The number of nitrogens with one attached hydrogen (secondary N) is 1. The molecule has 0 radical (unpaired) electrons. The van der Waals surface area contributed by atoms with Crippen LogP contribution in [0.2, 0.25) is 0 Å². The van der Waals surface area contributed by atoms with Crippen molar-refractivity contribution in [2.24, 2.45) is 0 Å². The van der Waals surface area contributed by atoms with Crippen LogP contribution in [0.4, 0.5) is 10.5 Å². The zero-order chi connectivity index (χ0) is 17.9. The van der Waals surface area contributed by atoms with Crippen LogP contribution in [0.3, 0.4) is 0 Å². The van der Waals surface area contributed by atoms with E-state index in [0.717, 1.165) is 29.0 Å². The summed E-state index contributed by atoms with van der Waals surface area (Å²) in [5, 5.41) is 2.73. The molecule has 6 heteroatoms. The molecule has 1 unspecified atom stereocenters. The lowest BCUT2D eigenvalue weighted by Crippen LogP contribution is -2.05. The van der Waals surface area contributed by atoms with E-state index >= 15 is 0 Å². The lowest BCUT2D eigenvalue weighted by molar-refractivity contribution is 0.269. The summed E-state index contributed by atoms with van der Waals surface area (Å²) in [4.78, 5) is 16.8. The van der Waals surface area contributed by atoms with Crippen LogP contribution in [0.1, 0.15) is 38.2 Å². The van der Waals surface area contributed by atoms with Gasteiger partial charge in [0.2, 0.25) is 0 Å². The molecule has 4 nitrogen and oxygen atoms in total. The molecule has 0 fully saturated rings. The summed E-state index contributed by atoms with van der Waals surface area (Å²) in [6.45, 7) is 2.17. The van der Waals surface area contributed by atoms with Gasteiger partial charge in [-0.3, -0.25) is 14.0 Å². The first-order valence-electron chi connectivity index (χ1n) is 8.50. The highest BCUT2D eigenvalue weighted by Crippen LogP contribution is 2.18. The summed E-state index contributed by atoms with van der Waals surface area (Å²) in [5.41, 5.74) is 1.73. The van der Waals surface area contributed by atoms with Crippen molar-refractivity contribution >= 4 is 33.5 Å². The molecular formula is C19H24N2O2S2. The summed E-state index contributed by atoms with van der Waals surface area (Å²) in [5.74, 6) is 1.28. The van der Waals surface area contributed by atoms with E-state index in [2.05, 4.69) is 17.2 Å². The van der Waals surface area contributed by atoms with Gasteiger partial charge in [0, 0.05) is 34.5 Å². The van der Waals surface area contributed by atoms with E-state index in [4.69, 9.17) is 0 Å². The quantitative estimate of drug-likeness (QED) is 0.608. The molecule has 1 aromatic heterocycles. The van der Waals surface area contributed by atoms with E-state index in [1.165, 1.54) is 24.6 Å². The molecule has 134 valence electrons. The van der Waals surface area contributed by atoms with Gasteiger partial charge in [-0.2, -0.15) is 0 Å². The topological polar surface area (TPSA) is 59.1 Å². The highest BCUT2D eigenvalue weighted by molar-refractivity contribution is 8.13. The summed E-state index contributed by atoms with van der Waals surface area (Å²) < 4.78 is 12.2. The third-order valence-corrected chi connectivity index (χ3v) is 5.94. The van der Waals surface area contributed by atoms with Gasteiger partial charge in [-0.05, 0) is 42.3 Å². The number of hydrogen-bond acceptors (Lipinski definition) is 4. The van der Waals surface area contributed by atoms with Gasteiger partial charge in [0.15, 0.2) is 0 Å². The monoisotopic (exact) mass is 376 g/mol. The standard InChI is InChI=1S/C19H24N2O2S2/c1-2-3-4-5-13-25(23)18-10-8-17(9-11-18)21-19(22)24-15-16-7-6-12-20-14-16/h6-12,14H,2-5,13,15H2,1H3,(H,21,22). The van der Waals surface area contributed by atoms with Gasteiger partial charge < -0.3 is 5.32 Å². The Morgan fingerprint density at radius 3 is 2.64 bits per heavy atom. The second kappa shape index (κ2) is 11.1. The lowest BCUT2D eigenvalue weighted by atomic mass is 10.2. The Morgan fingerprint density at radius 1 is 1.16 bits per heavy atom. The van der Waals surface area contributed by atoms with Crippen LogP contribution in [-0.4, -0.2) is 20.2 Å². The number of carbonyl (C=O) groups excluding carboxylic acids is 1. The van der Waals surface area contributed by atoms with Gasteiger partial charge in [0.05, 0.1) is 10.8 Å². The second-order valence-electron chi connectivity index (χ2n) is 5.70. The fraction of sp³-hybridized carbons (Fsp3) is 0.368. The van der Waals surface area contributed by atoms with Gasteiger partial charge >= 0.3 is 0 Å². The minimum absolute atomic E-state index is 0.114. The van der Waals surface area contributed by atoms with Crippen LogP contribution in [-0.2, 0) is 16.6 Å². The van der Waals surface area contributed by atoms with Crippen LogP contribution in [0.5, 0.6) is 0 Å². The van der Waals surface area contributed by atoms with Crippen molar-refractivity contribution in [2.75, 3.05) is 11.1 Å². The number of amides is 1. The molecule has 2 rings (SSSR count). The number of benzene rings is 1. The number of aromatic nitrogens is 1. The number of thioether (sulfide) groups is 1. The first-order chi connectivity index (χ1) is 12.2. The number of nitrogens with zero attached hydrogens (tertiary/aromatic N) is 1. The van der Waals surface area contributed by atoms with E-state index < -0.39 is 10.8 Å². The van der Waals surface area contributed by atoms with Crippen LogP contribution in [0, 0.1) is 0 Å². The number of carbonyl (C=O) groups is 1. The molecule has 0 bridgehead atoms. The fourth-order valence-electron chi connectivity index (χ4n) is 2.25. The predicted octanol–water partition coefficient (Wildman–Crippen LogP) is 5.23. The number of hydrogen-bond donors (Lipinski definition) is 1. The number of anilines is 1. The summed E-state index contributed by atoms with van der Waals surface area (Å²) in [6.07, 6.45) is 7.96. The molecule has 1 N–H and O–H groups in total. The van der Waals surface area contributed by atoms with Crippen LogP contribution in [0.25, 0.3) is 0 Å². The molecule has 0 aliphatic carbocycles. The largest absolute Gasteiger partial charge is 0.317 e. The maximum Gasteiger partial charge on any atom is 0.283 e. The van der Waals surface area contributed by atoms with Gasteiger partial charge in [-0.1, -0.05) is 44.0 Å². The molecule has 0 spiro atoms. The number of unbranched alkanes of at least 4 members (excludes halogenated alkanes) is 3. The average Bonchev–Trinajstić information content (AvgIpc) is 2.65. The molecule has 1 aromatic carbocycles. The zero-order valence-corrected chi connectivity index (χ0v) is 16.1. The fourth-order valence-corrected chi connectivity index (χ4v) is 4.05. The van der Waals surface area contributed by atoms with Crippen molar-refractivity contribution in [2.45, 2.75) is 43.3 Å². The molecule has 1 heterocycles. The van der Waals surface area contributed by atoms with Crippen molar-refractivity contribution < 1.29 is 9.00 Å². The van der Waals surface area contributed by atoms with Crippen molar-refractivity contribution in [3.05, 3.63) is 54.4 Å². The lowest BCUT2D eigenvalue weighted by Gasteiger charge is -2.07. The van der Waals surface area contributed by atoms with Crippen LogP contribution < -0.4 is 5.32 Å². The van der Waals surface area contributed by atoms with Gasteiger partial charge in [0.1, 0.15) is 0 Å². The van der Waals surface area contributed by atoms with E-state index in [9.17, 15) is 9.00 Å². The highest BCUT2D eigenvalue weighted by Gasteiger charge is 2.06. The molecule has 0 aliphatic heterocycles. The van der Waals surface area contributed by atoms with Crippen molar-refractivity contribution in [3.8, 4) is 0 Å². The molecule has 1 atom stereocenters. The Balaban J connectivity index is 1.77. The normalized spacial score (nSPS) is 11.9. The van der Waals surface area contributed by atoms with Gasteiger partial charge in [-0.15, -0.1) is 0 Å². The van der Waals surface area contributed by atoms with Crippen molar-refractivity contribution in [1.29, 1.82) is 0 Å². The van der Waals surface area contributed by atoms with E-state index in [1.807, 2.05) is 36.4 Å². The van der Waals surface area contributed by atoms with E-state index in [-0.39, 0.29) is 5.24 Å². The second-order valence-corrected chi connectivity index (χ2v) is 8.22. The Labute approximate surface area is 156 Å². The van der Waals surface area contributed by atoms with Gasteiger partial charge in [-0.25, -0.2) is 0 Å². The number of pyridine rings is 1. The first-order valence-corrected chi connectivity index (χ1v) is 10.8. The van der Waals surface area contributed by atoms with Crippen molar-refractivity contribution in [3.63, 3.8) is 0 Å². The molecular weight excluding hydrogens is 352 g/mol. The summed E-state index contributed by atoms with van der Waals surface area (Å²) >= 11 is 1.20. The molecule has 2 aromatic rings. The Kier molecular flexibility index (Phi) is 8.69. The summed E-state index contributed by atoms with van der Waals surface area (Å²) in [7, 11) is -0.961. The van der Waals surface area contributed by atoms with E-state index in [0.29, 0.717) is 11.5 Å². The zero-order valence-electron chi connectivity index (χ0n) is 14.4. The molecule has 1 amide bonds. The SMILES string of the molecule is CCCCCCS(=O)c1ccc(NC(=O)SCc2cccnc2)cc1. The van der Waals surface area contributed by atoms with Crippen LogP contribution >= 0.6 is 11.8 Å². The third kappa shape index (κ3) is 7.40. The van der Waals surface area contributed by atoms with Gasteiger partial charge in [0.25, 0.3) is 5.24 Å². The number of rotatable bonds is 9. The summed E-state index contributed by atoms with van der Waals surface area (Å²) in [6, 6.07) is 11.1. The Morgan fingerprint density at radius 2 is 1.96 bits per heavy atom. The van der Waals surface area contributed by atoms with Crippen LogP contribution in [0.15, 0.2) is 53.7 Å². The molecule has 25 heavy (non-hydrogen) atoms.